The molecule has 1 fully saturated rings. The number of hydrogen-bond donors (Lipinski definition) is 0. The molecule has 1 aromatic carbocycles. The molecule has 3 nitrogen and oxygen atoms in total. The highest BCUT2D eigenvalue weighted by Crippen LogP contribution is 2.27. The lowest BCUT2D eigenvalue weighted by Gasteiger charge is -2.13. The summed E-state index contributed by atoms with van der Waals surface area (Å²) in [6.07, 6.45) is 4.09. The van der Waals surface area contributed by atoms with E-state index in [0.29, 0.717) is 5.70 Å². The Bertz CT molecular complexity index is 522. The molecular formula is C14H14N2OS. The fraction of sp³-hybridized carbons (Fsp3) is 0.286. The molecule has 2 heterocycles. The van der Waals surface area contributed by atoms with Crippen molar-refractivity contribution in [2.75, 3.05) is 12.3 Å². The van der Waals surface area contributed by atoms with Crippen LogP contribution in [0.25, 0.3) is 6.08 Å². The molecule has 92 valence electrons. The van der Waals surface area contributed by atoms with E-state index in [1.807, 2.05) is 41.3 Å². The van der Waals surface area contributed by atoms with Crippen molar-refractivity contribution in [2.45, 2.75) is 12.8 Å². The molecule has 0 aromatic heterocycles. The zero-order valence-electron chi connectivity index (χ0n) is 10.0. The minimum atomic E-state index is 0.0447. The van der Waals surface area contributed by atoms with Gasteiger partial charge >= 0.3 is 0 Å². The minimum absolute atomic E-state index is 0.0447. The lowest BCUT2D eigenvalue weighted by atomic mass is 10.2. The second kappa shape index (κ2) is 4.98. The van der Waals surface area contributed by atoms with E-state index in [9.17, 15) is 4.79 Å². The number of rotatable bonds is 1. The number of fused-ring (bicyclic) bond motifs is 1. The summed E-state index contributed by atoms with van der Waals surface area (Å²) in [6.45, 7) is 0.802. The van der Waals surface area contributed by atoms with E-state index in [0.717, 1.165) is 35.9 Å². The largest absolute Gasteiger partial charge is 0.286 e. The van der Waals surface area contributed by atoms with Gasteiger partial charge in [0.1, 0.15) is 5.70 Å². The molecule has 18 heavy (non-hydrogen) atoms. The fourth-order valence-corrected chi connectivity index (χ4v) is 3.10. The SMILES string of the molecule is O=C1C(=Cc2ccccc2)N=C2SCCCCN12. The smallest absolute Gasteiger partial charge is 0.278 e. The molecule has 0 radical (unpaired) electrons. The lowest BCUT2D eigenvalue weighted by Crippen LogP contribution is -2.30. The van der Waals surface area contributed by atoms with Crippen LogP contribution in [0.4, 0.5) is 0 Å². The van der Waals surface area contributed by atoms with Crippen LogP contribution in [-0.2, 0) is 4.79 Å². The second-order valence-electron chi connectivity index (χ2n) is 4.35. The maximum atomic E-state index is 12.2. The molecule has 0 spiro atoms. The van der Waals surface area contributed by atoms with Crippen LogP contribution in [0.5, 0.6) is 0 Å². The van der Waals surface area contributed by atoms with E-state index in [4.69, 9.17) is 0 Å². The molecule has 0 N–H and O–H groups in total. The monoisotopic (exact) mass is 258 g/mol. The van der Waals surface area contributed by atoms with Gasteiger partial charge in [0.2, 0.25) is 0 Å². The van der Waals surface area contributed by atoms with Gasteiger partial charge in [0, 0.05) is 12.3 Å². The van der Waals surface area contributed by atoms with Gasteiger partial charge in [0.05, 0.1) is 0 Å². The van der Waals surface area contributed by atoms with E-state index in [2.05, 4.69) is 4.99 Å². The molecule has 0 unspecified atom stereocenters. The maximum Gasteiger partial charge on any atom is 0.278 e. The van der Waals surface area contributed by atoms with Gasteiger partial charge in [0.25, 0.3) is 5.91 Å². The van der Waals surface area contributed by atoms with Gasteiger partial charge in [-0.15, -0.1) is 0 Å². The van der Waals surface area contributed by atoms with E-state index in [-0.39, 0.29) is 5.91 Å². The van der Waals surface area contributed by atoms with Crippen molar-refractivity contribution >= 4 is 28.9 Å². The van der Waals surface area contributed by atoms with Crippen LogP contribution in [0.2, 0.25) is 0 Å². The summed E-state index contributed by atoms with van der Waals surface area (Å²) in [4.78, 5) is 18.5. The highest BCUT2D eigenvalue weighted by molar-refractivity contribution is 8.13. The first kappa shape index (κ1) is 11.5. The molecule has 4 heteroatoms. The summed E-state index contributed by atoms with van der Waals surface area (Å²) in [7, 11) is 0. The number of carbonyl (C=O) groups excluding carboxylic acids is 1. The van der Waals surface area contributed by atoms with Gasteiger partial charge < -0.3 is 0 Å². The van der Waals surface area contributed by atoms with Crippen LogP contribution < -0.4 is 0 Å². The molecule has 0 atom stereocenters. The molecule has 1 aromatic rings. The standard InChI is InChI=1S/C14H14N2OS/c17-13-12(10-11-6-2-1-3-7-11)15-14-16(13)8-4-5-9-18-14/h1-3,6-7,10H,4-5,8-9H2. The molecule has 3 rings (SSSR count). The normalized spacial score (nSPS) is 21.8. The molecule has 1 amide bonds. The first-order valence-corrected chi connectivity index (χ1v) is 7.13. The summed E-state index contributed by atoms with van der Waals surface area (Å²) in [6, 6.07) is 9.86. The van der Waals surface area contributed by atoms with Crippen molar-refractivity contribution in [3.63, 3.8) is 0 Å². The molecule has 1 saturated heterocycles. The first-order chi connectivity index (χ1) is 8.84. The summed E-state index contributed by atoms with van der Waals surface area (Å²) < 4.78 is 0. The maximum absolute atomic E-state index is 12.2. The fourth-order valence-electron chi connectivity index (χ4n) is 2.08. The Labute approximate surface area is 111 Å². The summed E-state index contributed by atoms with van der Waals surface area (Å²) in [5, 5.41) is 0.875. The predicted octanol–water partition coefficient (Wildman–Crippen LogP) is 2.75. The Morgan fingerprint density at radius 2 is 2.06 bits per heavy atom. The van der Waals surface area contributed by atoms with Gasteiger partial charge in [-0.05, 0) is 24.5 Å². The van der Waals surface area contributed by atoms with Crippen LogP contribution in [0.1, 0.15) is 18.4 Å². The number of aliphatic imine (C=N–C) groups is 1. The van der Waals surface area contributed by atoms with Crippen molar-refractivity contribution in [3.8, 4) is 0 Å². The first-order valence-electron chi connectivity index (χ1n) is 6.15. The average Bonchev–Trinajstić information content (AvgIpc) is 2.58. The number of amides is 1. The van der Waals surface area contributed by atoms with Crippen molar-refractivity contribution in [1.82, 2.24) is 4.90 Å². The van der Waals surface area contributed by atoms with E-state index >= 15 is 0 Å². The second-order valence-corrected chi connectivity index (χ2v) is 5.41. The summed E-state index contributed by atoms with van der Waals surface area (Å²) in [5.74, 6) is 1.10. The third-order valence-electron chi connectivity index (χ3n) is 3.02. The van der Waals surface area contributed by atoms with Crippen molar-refractivity contribution < 1.29 is 4.79 Å². The van der Waals surface area contributed by atoms with E-state index in [1.165, 1.54) is 0 Å². The molecule has 0 aliphatic carbocycles. The van der Waals surface area contributed by atoms with E-state index < -0.39 is 0 Å². The zero-order valence-corrected chi connectivity index (χ0v) is 10.8. The molecule has 2 aliphatic heterocycles. The minimum Gasteiger partial charge on any atom is -0.286 e. The van der Waals surface area contributed by atoms with Crippen molar-refractivity contribution in [3.05, 3.63) is 41.6 Å². The third kappa shape index (κ3) is 2.20. The van der Waals surface area contributed by atoms with Crippen LogP contribution >= 0.6 is 11.8 Å². The third-order valence-corrected chi connectivity index (χ3v) is 4.08. The lowest BCUT2D eigenvalue weighted by molar-refractivity contribution is -0.122. The number of carbonyl (C=O) groups is 1. The van der Waals surface area contributed by atoms with Crippen LogP contribution in [0.15, 0.2) is 41.0 Å². The Hall–Kier alpha value is -1.55. The van der Waals surface area contributed by atoms with Crippen molar-refractivity contribution in [2.24, 2.45) is 4.99 Å². The molecule has 0 bridgehead atoms. The summed E-state index contributed by atoms with van der Waals surface area (Å²) >= 11 is 1.69. The predicted molar refractivity (Wildman–Crippen MR) is 75.3 cm³/mol. The number of thioether (sulfide) groups is 1. The van der Waals surface area contributed by atoms with Crippen LogP contribution in [0.3, 0.4) is 0 Å². The van der Waals surface area contributed by atoms with Crippen LogP contribution in [0, 0.1) is 0 Å². The van der Waals surface area contributed by atoms with Gasteiger partial charge in [0.15, 0.2) is 5.17 Å². The van der Waals surface area contributed by atoms with Crippen molar-refractivity contribution in [1.29, 1.82) is 0 Å². The Balaban J connectivity index is 1.91. The highest BCUT2D eigenvalue weighted by atomic mass is 32.2. The number of hydrogen-bond acceptors (Lipinski definition) is 3. The number of benzene rings is 1. The van der Waals surface area contributed by atoms with Gasteiger partial charge in [-0.25, -0.2) is 4.99 Å². The Kier molecular flexibility index (Phi) is 3.19. The van der Waals surface area contributed by atoms with Crippen LogP contribution in [-0.4, -0.2) is 28.3 Å². The number of nitrogens with zero attached hydrogens (tertiary/aromatic N) is 2. The summed E-state index contributed by atoms with van der Waals surface area (Å²) in [5.41, 5.74) is 1.58. The van der Waals surface area contributed by atoms with Gasteiger partial charge in [-0.2, -0.15) is 0 Å². The van der Waals surface area contributed by atoms with Gasteiger partial charge in [-0.3, -0.25) is 9.69 Å². The quantitative estimate of drug-likeness (QED) is 0.726. The van der Waals surface area contributed by atoms with Gasteiger partial charge in [-0.1, -0.05) is 42.1 Å². The molecule has 2 aliphatic rings. The average molecular weight is 258 g/mol. The molecule has 0 saturated carbocycles. The Morgan fingerprint density at radius 3 is 2.89 bits per heavy atom. The number of amidine groups is 1. The Morgan fingerprint density at radius 1 is 1.22 bits per heavy atom. The zero-order chi connectivity index (χ0) is 12.4. The van der Waals surface area contributed by atoms with E-state index in [1.54, 1.807) is 11.8 Å². The topological polar surface area (TPSA) is 32.7 Å². The molecular weight excluding hydrogens is 244 g/mol. The highest BCUT2D eigenvalue weighted by Gasteiger charge is 2.31.